The number of carboxylic acids is 1. The second-order valence-electron chi connectivity index (χ2n) is 3.43. The summed E-state index contributed by atoms with van der Waals surface area (Å²) in [4.78, 5) is 10.8. The lowest BCUT2D eigenvalue weighted by Gasteiger charge is -2.02. The first-order valence-corrected chi connectivity index (χ1v) is 5.30. The minimum Gasteiger partial charge on any atom is -0.477 e. The molecule has 0 amide bonds. The van der Waals surface area contributed by atoms with Gasteiger partial charge in [0.1, 0.15) is 5.71 Å². The second kappa shape index (κ2) is 6.61. The van der Waals surface area contributed by atoms with Gasteiger partial charge in [0.15, 0.2) is 0 Å². The van der Waals surface area contributed by atoms with Crippen molar-refractivity contribution < 1.29 is 9.90 Å². The van der Waals surface area contributed by atoms with E-state index >= 15 is 0 Å². The van der Waals surface area contributed by atoms with E-state index in [1.807, 2.05) is 37.3 Å². The summed E-state index contributed by atoms with van der Waals surface area (Å²) in [7, 11) is 0. The van der Waals surface area contributed by atoms with Gasteiger partial charge in [-0.25, -0.2) is 4.79 Å². The van der Waals surface area contributed by atoms with E-state index in [1.54, 1.807) is 0 Å². The molecule has 1 aromatic rings. The Balaban J connectivity index is 2.48. The maximum absolute atomic E-state index is 10.8. The predicted molar refractivity (Wildman–Crippen MR) is 63.3 cm³/mol. The van der Waals surface area contributed by atoms with Gasteiger partial charge in [-0.15, -0.1) is 0 Å². The average Bonchev–Trinajstić information content (AvgIpc) is 2.29. The largest absolute Gasteiger partial charge is 0.477 e. The summed E-state index contributed by atoms with van der Waals surface area (Å²) in [5.41, 5.74) is 4.03. The molecule has 1 rings (SSSR count). The van der Waals surface area contributed by atoms with Crippen LogP contribution in [0.5, 0.6) is 0 Å². The van der Waals surface area contributed by atoms with E-state index in [4.69, 9.17) is 5.11 Å². The summed E-state index contributed by atoms with van der Waals surface area (Å²) in [5.74, 6) is -0.956. The molecule has 0 radical (unpaired) electrons. The van der Waals surface area contributed by atoms with Gasteiger partial charge in [-0.2, -0.15) is 5.10 Å². The van der Waals surface area contributed by atoms with Crippen LogP contribution >= 0.6 is 0 Å². The van der Waals surface area contributed by atoms with Crippen LogP contribution in [-0.4, -0.2) is 16.8 Å². The third kappa shape index (κ3) is 4.13. The summed E-state index contributed by atoms with van der Waals surface area (Å²) in [6, 6.07) is 9.73. The molecule has 0 aliphatic heterocycles. The fourth-order valence-corrected chi connectivity index (χ4v) is 1.27. The fourth-order valence-electron chi connectivity index (χ4n) is 1.27. The summed E-state index contributed by atoms with van der Waals surface area (Å²) in [6.07, 6.45) is 1.26. The molecule has 0 unspecified atom stereocenters. The highest BCUT2D eigenvalue weighted by molar-refractivity contribution is 6.35. The number of benzene rings is 1. The number of aliphatic carboxylic acids is 1. The van der Waals surface area contributed by atoms with Crippen LogP contribution in [-0.2, 0) is 11.3 Å². The first kappa shape index (κ1) is 12.2. The first-order chi connectivity index (χ1) is 7.74. The molecule has 0 heterocycles. The minimum absolute atomic E-state index is 0.179. The van der Waals surface area contributed by atoms with Crippen molar-refractivity contribution in [1.82, 2.24) is 5.43 Å². The van der Waals surface area contributed by atoms with Crippen molar-refractivity contribution in [1.29, 1.82) is 0 Å². The van der Waals surface area contributed by atoms with Crippen molar-refractivity contribution in [3.8, 4) is 0 Å². The lowest BCUT2D eigenvalue weighted by Crippen LogP contribution is -2.18. The zero-order valence-corrected chi connectivity index (χ0v) is 9.31. The van der Waals surface area contributed by atoms with Gasteiger partial charge >= 0.3 is 5.97 Å². The summed E-state index contributed by atoms with van der Waals surface area (Å²) >= 11 is 0. The molecule has 4 nitrogen and oxygen atoms in total. The molecular formula is C12H16N2O2. The smallest absolute Gasteiger partial charge is 0.352 e. The molecule has 0 aliphatic rings. The quantitative estimate of drug-likeness (QED) is 0.569. The van der Waals surface area contributed by atoms with Crippen LogP contribution in [0, 0.1) is 0 Å². The van der Waals surface area contributed by atoms with Crippen LogP contribution in [0.2, 0.25) is 0 Å². The van der Waals surface area contributed by atoms with Crippen molar-refractivity contribution in [3.05, 3.63) is 35.9 Å². The Kier molecular flexibility index (Phi) is 5.05. The summed E-state index contributed by atoms with van der Waals surface area (Å²) < 4.78 is 0. The highest BCUT2D eigenvalue weighted by atomic mass is 16.4. The normalized spacial score (nSPS) is 11.2. The summed E-state index contributed by atoms with van der Waals surface area (Å²) in [6.45, 7) is 2.47. The van der Waals surface area contributed by atoms with Gasteiger partial charge in [0.25, 0.3) is 0 Å². The standard InChI is InChI=1S/C12H16N2O2/c1-2-6-11(12(15)16)14-13-9-10-7-4-3-5-8-10/h3-5,7-8,13H,2,6,9H2,1H3,(H,15,16). The Morgan fingerprint density at radius 3 is 2.62 bits per heavy atom. The maximum Gasteiger partial charge on any atom is 0.352 e. The van der Waals surface area contributed by atoms with Gasteiger partial charge < -0.3 is 10.5 Å². The van der Waals surface area contributed by atoms with Crippen LogP contribution in [0.1, 0.15) is 25.3 Å². The van der Waals surface area contributed by atoms with Crippen molar-refractivity contribution in [2.45, 2.75) is 26.3 Å². The zero-order chi connectivity index (χ0) is 11.8. The average molecular weight is 220 g/mol. The third-order valence-corrected chi connectivity index (χ3v) is 2.07. The number of hydrogen-bond donors (Lipinski definition) is 2. The van der Waals surface area contributed by atoms with Crippen LogP contribution in [0.15, 0.2) is 35.4 Å². The second-order valence-corrected chi connectivity index (χ2v) is 3.43. The van der Waals surface area contributed by atoms with Gasteiger partial charge in [-0.3, -0.25) is 0 Å². The van der Waals surface area contributed by atoms with E-state index in [9.17, 15) is 4.79 Å². The van der Waals surface area contributed by atoms with Gasteiger partial charge in [0.2, 0.25) is 0 Å². The topological polar surface area (TPSA) is 61.7 Å². The Hall–Kier alpha value is -1.84. The summed E-state index contributed by atoms with van der Waals surface area (Å²) in [5, 5.41) is 12.7. The zero-order valence-electron chi connectivity index (χ0n) is 9.31. The molecule has 0 saturated heterocycles. The molecule has 0 bridgehead atoms. The van der Waals surface area contributed by atoms with Crippen LogP contribution < -0.4 is 5.43 Å². The Bertz CT molecular complexity index is 361. The predicted octanol–water partition coefficient (Wildman–Crippen LogP) is 2.02. The van der Waals surface area contributed by atoms with Crippen molar-refractivity contribution in [2.24, 2.45) is 5.10 Å². The lowest BCUT2D eigenvalue weighted by molar-refractivity contribution is -0.129. The van der Waals surface area contributed by atoms with Crippen molar-refractivity contribution in [2.75, 3.05) is 0 Å². The number of nitrogens with zero attached hydrogens (tertiary/aromatic N) is 1. The van der Waals surface area contributed by atoms with Gasteiger partial charge in [0, 0.05) is 0 Å². The molecule has 0 aromatic heterocycles. The molecule has 0 atom stereocenters. The SMILES string of the molecule is CCCC(=NNCc1ccccc1)C(=O)O. The number of hydrazone groups is 1. The Labute approximate surface area is 95.0 Å². The number of carboxylic acid groups (broad SMARTS) is 1. The number of carbonyl (C=O) groups is 1. The van der Waals surface area contributed by atoms with E-state index in [1.165, 1.54) is 0 Å². The van der Waals surface area contributed by atoms with E-state index in [0.29, 0.717) is 13.0 Å². The highest BCUT2D eigenvalue weighted by Crippen LogP contribution is 1.98. The maximum atomic E-state index is 10.8. The molecule has 0 spiro atoms. The molecule has 16 heavy (non-hydrogen) atoms. The molecule has 1 aromatic carbocycles. The van der Waals surface area contributed by atoms with Crippen LogP contribution in [0.3, 0.4) is 0 Å². The van der Waals surface area contributed by atoms with Crippen molar-refractivity contribution >= 4 is 11.7 Å². The monoisotopic (exact) mass is 220 g/mol. The van der Waals surface area contributed by atoms with Gasteiger partial charge in [0.05, 0.1) is 6.54 Å². The first-order valence-electron chi connectivity index (χ1n) is 5.30. The van der Waals surface area contributed by atoms with Crippen molar-refractivity contribution in [3.63, 3.8) is 0 Å². The molecular weight excluding hydrogens is 204 g/mol. The highest BCUT2D eigenvalue weighted by Gasteiger charge is 2.07. The van der Waals surface area contributed by atoms with Crippen LogP contribution in [0.25, 0.3) is 0 Å². The van der Waals surface area contributed by atoms with Gasteiger partial charge in [-0.1, -0.05) is 43.7 Å². The van der Waals surface area contributed by atoms with E-state index in [0.717, 1.165) is 12.0 Å². The van der Waals surface area contributed by atoms with E-state index in [2.05, 4.69) is 10.5 Å². The van der Waals surface area contributed by atoms with Crippen LogP contribution in [0.4, 0.5) is 0 Å². The number of rotatable bonds is 6. The Morgan fingerprint density at radius 2 is 2.06 bits per heavy atom. The fraction of sp³-hybridized carbons (Fsp3) is 0.333. The molecule has 86 valence electrons. The third-order valence-electron chi connectivity index (χ3n) is 2.07. The van der Waals surface area contributed by atoms with E-state index < -0.39 is 5.97 Å². The van der Waals surface area contributed by atoms with Gasteiger partial charge in [-0.05, 0) is 12.0 Å². The molecule has 0 fully saturated rings. The molecule has 2 N–H and O–H groups in total. The molecule has 0 saturated carbocycles. The minimum atomic E-state index is -0.956. The Morgan fingerprint density at radius 1 is 1.38 bits per heavy atom. The molecule has 0 aliphatic carbocycles. The lowest BCUT2D eigenvalue weighted by atomic mass is 10.2. The van der Waals surface area contributed by atoms with E-state index in [-0.39, 0.29) is 5.71 Å². The number of hydrogen-bond acceptors (Lipinski definition) is 3. The molecule has 4 heteroatoms. The number of nitrogens with one attached hydrogen (secondary N) is 1.